The van der Waals surface area contributed by atoms with Gasteiger partial charge in [-0.1, -0.05) is 19.4 Å². The van der Waals surface area contributed by atoms with Crippen molar-refractivity contribution in [3.8, 4) is 5.75 Å². The second kappa shape index (κ2) is 6.41. The van der Waals surface area contributed by atoms with E-state index in [2.05, 4.69) is 43.9 Å². The molecule has 0 aliphatic carbocycles. The number of nitrogens with zero attached hydrogens (tertiary/aromatic N) is 1. The quantitative estimate of drug-likeness (QED) is 0.726. The molecule has 2 heteroatoms. The summed E-state index contributed by atoms with van der Waals surface area (Å²) in [5.74, 6) is 0.930. The highest BCUT2D eigenvalue weighted by atomic mass is 16.5. The number of benzene rings is 1. The van der Waals surface area contributed by atoms with Gasteiger partial charge in [0, 0.05) is 24.3 Å². The Bertz CT molecular complexity index is 309. The van der Waals surface area contributed by atoms with E-state index in [1.54, 1.807) is 7.11 Å². The zero-order valence-corrected chi connectivity index (χ0v) is 10.9. The van der Waals surface area contributed by atoms with Crippen LogP contribution in [0.15, 0.2) is 24.3 Å². The van der Waals surface area contributed by atoms with Crippen LogP contribution in [-0.4, -0.2) is 19.7 Å². The van der Waals surface area contributed by atoms with E-state index in [0.717, 1.165) is 12.3 Å². The summed E-state index contributed by atoms with van der Waals surface area (Å²) in [5, 5.41) is 0. The van der Waals surface area contributed by atoms with E-state index in [-0.39, 0.29) is 0 Å². The summed E-state index contributed by atoms with van der Waals surface area (Å²) in [7, 11) is 1.71. The Morgan fingerprint density at radius 3 is 2.62 bits per heavy atom. The minimum absolute atomic E-state index is 0.527. The number of rotatable bonds is 6. The predicted molar refractivity (Wildman–Crippen MR) is 70.4 cm³/mol. The molecule has 2 nitrogen and oxygen atoms in total. The Hall–Kier alpha value is -1.18. The largest absolute Gasteiger partial charge is 0.497 e. The summed E-state index contributed by atoms with van der Waals surface area (Å²) in [5.41, 5.74) is 1.25. The van der Waals surface area contributed by atoms with Gasteiger partial charge in [-0.15, -0.1) is 0 Å². The van der Waals surface area contributed by atoms with Crippen LogP contribution in [0.2, 0.25) is 0 Å². The van der Waals surface area contributed by atoms with Gasteiger partial charge in [0.1, 0.15) is 5.75 Å². The summed E-state index contributed by atoms with van der Waals surface area (Å²) in [6.07, 6.45) is 2.46. The van der Waals surface area contributed by atoms with E-state index in [1.165, 1.54) is 18.5 Å². The first-order chi connectivity index (χ1) is 7.69. The Balaban J connectivity index is 2.82. The first-order valence-corrected chi connectivity index (χ1v) is 6.09. The predicted octanol–water partition coefficient (Wildman–Crippen LogP) is 3.71. The van der Waals surface area contributed by atoms with Gasteiger partial charge in [0.2, 0.25) is 0 Å². The molecule has 0 fully saturated rings. The van der Waals surface area contributed by atoms with Gasteiger partial charge in [-0.05, 0) is 32.4 Å². The molecule has 1 aromatic carbocycles. The lowest BCUT2D eigenvalue weighted by Gasteiger charge is -2.29. The maximum absolute atomic E-state index is 5.26. The van der Waals surface area contributed by atoms with Gasteiger partial charge in [0.15, 0.2) is 0 Å². The van der Waals surface area contributed by atoms with Crippen LogP contribution in [0.1, 0.15) is 33.6 Å². The normalized spacial score (nSPS) is 10.6. The smallest absolute Gasteiger partial charge is 0.120 e. The molecule has 0 N–H and O–H groups in total. The Morgan fingerprint density at radius 2 is 2.06 bits per heavy atom. The fraction of sp³-hybridized carbons (Fsp3) is 0.571. The Morgan fingerprint density at radius 1 is 1.31 bits per heavy atom. The maximum atomic E-state index is 5.26. The summed E-state index contributed by atoms with van der Waals surface area (Å²) < 4.78 is 5.26. The van der Waals surface area contributed by atoms with Crippen molar-refractivity contribution < 1.29 is 4.74 Å². The standard InChI is InChI=1S/C14H23NO/c1-5-6-10-15(12(2)3)13-8-7-9-14(11-13)16-4/h7-9,11-12H,5-6,10H2,1-4H3. The van der Waals surface area contributed by atoms with Crippen molar-refractivity contribution in [2.24, 2.45) is 0 Å². The molecule has 1 aromatic rings. The Kier molecular flexibility index (Phi) is 5.17. The molecule has 0 spiro atoms. The van der Waals surface area contributed by atoms with Crippen molar-refractivity contribution in [1.82, 2.24) is 0 Å². The lowest BCUT2D eigenvalue weighted by molar-refractivity contribution is 0.414. The molecular formula is C14H23NO. The minimum Gasteiger partial charge on any atom is -0.497 e. The van der Waals surface area contributed by atoms with Crippen LogP contribution in [0.4, 0.5) is 5.69 Å². The molecular weight excluding hydrogens is 198 g/mol. The van der Waals surface area contributed by atoms with E-state index in [9.17, 15) is 0 Å². The van der Waals surface area contributed by atoms with E-state index >= 15 is 0 Å². The molecule has 0 aromatic heterocycles. The molecule has 0 radical (unpaired) electrons. The van der Waals surface area contributed by atoms with Crippen LogP contribution < -0.4 is 9.64 Å². The van der Waals surface area contributed by atoms with Gasteiger partial charge in [-0.2, -0.15) is 0 Å². The van der Waals surface area contributed by atoms with Gasteiger partial charge in [0.05, 0.1) is 7.11 Å². The first-order valence-electron chi connectivity index (χ1n) is 6.09. The summed E-state index contributed by atoms with van der Waals surface area (Å²) in [6, 6.07) is 8.82. The van der Waals surface area contributed by atoms with Crippen LogP contribution in [0.25, 0.3) is 0 Å². The van der Waals surface area contributed by atoms with E-state index in [0.29, 0.717) is 6.04 Å². The molecule has 0 aliphatic rings. The topological polar surface area (TPSA) is 12.5 Å². The number of unbranched alkanes of at least 4 members (excludes halogenated alkanes) is 1. The molecule has 0 bridgehead atoms. The van der Waals surface area contributed by atoms with Crippen LogP contribution in [0, 0.1) is 0 Å². The van der Waals surface area contributed by atoms with Gasteiger partial charge >= 0.3 is 0 Å². The second-order valence-electron chi connectivity index (χ2n) is 4.34. The molecule has 90 valence electrons. The molecule has 0 amide bonds. The van der Waals surface area contributed by atoms with Gasteiger partial charge in [-0.25, -0.2) is 0 Å². The SMILES string of the molecule is CCCCN(c1cccc(OC)c1)C(C)C. The highest BCUT2D eigenvalue weighted by Gasteiger charge is 2.10. The molecule has 1 rings (SSSR count). The van der Waals surface area contributed by atoms with Crippen LogP contribution in [-0.2, 0) is 0 Å². The third-order valence-corrected chi connectivity index (χ3v) is 2.76. The average molecular weight is 221 g/mol. The van der Waals surface area contributed by atoms with Crippen molar-refractivity contribution in [1.29, 1.82) is 0 Å². The van der Waals surface area contributed by atoms with Crippen LogP contribution >= 0.6 is 0 Å². The molecule has 0 heterocycles. The number of ether oxygens (including phenoxy) is 1. The van der Waals surface area contributed by atoms with Gasteiger partial charge in [-0.3, -0.25) is 0 Å². The third kappa shape index (κ3) is 3.44. The minimum atomic E-state index is 0.527. The maximum Gasteiger partial charge on any atom is 0.120 e. The summed E-state index contributed by atoms with van der Waals surface area (Å²) in [6.45, 7) is 7.80. The van der Waals surface area contributed by atoms with E-state index < -0.39 is 0 Å². The van der Waals surface area contributed by atoms with Crippen LogP contribution in [0.5, 0.6) is 5.75 Å². The highest BCUT2D eigenvalue weighted by Crippen LogP contribution is 2.23. The molecule has 0 saturated carbocycles. The lowest BCUT2D eigenvalue weighted by atomic mass is 10.2. The molecule has 0 unspecified atom stereocenters. The first kappa shape index (κ1) is 12.9. The summed E-state index contributed by atoms with van der Waals surface area (Å²) in [4.78, 5) is 2.42. The Labute approximate surface area is 99.2 Å². The average Bonchev–Trinajstić information content (AvgIpc) is 2.29. The van der Waals surface area contributed by atoms with Crippen molar-refractivity contribution in [3.63, 3.8) is 0 Å². The number of methoxy groups -OCH3 is 1. The zero-order valence-electron chi connectivity index (χ0n) is 10.9. The van der Waals surface area contributed by atoms with E-state index in [4.69, 9.17) is 4.74 Å². The molecule has 0 aliphatic heterocycles. The zero-order chi connectivity index (χ0) is 12.0. The van der Waals surface area contributed by atoms with Crippen molar-refractivity contribution in [3.05, 3.63) is 24.3 Å². The van der Waals surface area contributed by atoms with Crippen molar-refractivity contribution in [2.75, 3.05) is 18.6 Å². The molecule has 0 atom stereocenters. The van der Waals surface area contributed by atoms with E-state index in [1.807, 2.05) is 6.07 Å². The highest BCUT2D eigenvalue weighted by molar-refractivity contribution is 5.51. The van der Waals surface area contributed by atoms with Gasteiger partial charge < -0.3 is 9.64 Å². The monoisotopic (exact) mass is 221 g/mol. The number of anilines is 1. The molecule has 16 heavy (non-hydrogen) atoms. The number of hydrogen-bond donors (Lipinski definition) is 0. The summed E-state index contributed by atoms with van der Waals surface area (Å²) >= 11 is 0. The lowest BCUT2D eigenvalue weighted by Crippen LogP contribution is -2.31. The van der Waals surface area contributed by atoms with Gasteiger partial charge in [0.25, 0.3) is 0 Å². The van der Waals surface area contributed by atoms with Crippen LogP contribution in [0.3, 0.4) is 0 Å². The van der Waals surface area contributed by atoms with Crippen molar-refractivity contribution >= 4 is 5.69 Å². The fourth-order valence-electron chi connectivity index (χ4n) is 1.80. The third-order valence-electron chi connectivity index (χ3n) is 2.76. The fourth-order valence-corrected chi connectivity index (χ4v) is 1.80. The van der Waals surface area contributed by atoms with Crippen molar-refractivity contribution in [2.45, 2.75) is 39.7 Å². The number of hydrogen-bond acceptors (Lipinski definition) is 2. The molecule has 0 saturated heterocycles. The second-order valence-corrected chi connectivity index (χ2v) is 4.34.